The van der Waals surface area contributed by atoms with E-state index in [2.05, 4.69) is 0 Å². The van der Waals surface area contributed by atoms with E-state index in [1.165, 1.54) is 0 Å². The summed E-state index contributed by atoms with van der Waals surface area (Å²) in [6.45, 7) is 0. The zero-order valence-corrected chi connectivity index (χ0v) is 6.61. The van der Waals surface area contributed by atoms with E-state index in [9.17, 15) is 18.4 Å². The minimum absolute atomic E-state index is 0.0255. The monoisotopic (exact) mass is 176 g/mol. The molecule has 0 aromatic carbocycles. The summed E-state index contributed by atoms with van der Waals surface area (Å²) in [6, 6.07) is -3.62. The fourth-order valence-electron chi connectivity index (χ4n) is 1.63. The van der Waals surface area contributed by atoms with Gasteiger partial charge in [-0.3, -0.25) is 9.59 Å². The smallest absolute Gasteiger partial charge is 0.260 e. The van der Waals surface area contributed by atoms with E-state index < -0.39 is 17.5 Å². The Morgan fingerprint density at radius 1 is 0.917 bits per heavy atom. The molecule has 1 fully saturated rings. The van der Waals surface area contributed by atoms with Crippen LogP contribution in [-0.4, -0.2) is 12.1 Å². The van der Waals surface area contributed by atoms with Crippen molar-refractivity contribution in [2.24, 2.45) is 5.41 Å². The molecule has 0 aromatic rings. The van der Waals surface area contributed by atoms with Crippen molar-refractivity contribution < 1.29 is 18.4 Å². The molecular weight excluding hydrogens is 166 g/mol. The summed E-state index contributed by atoms with van der Waals surface area (Å²) in [6.07, 6.45) is 1.98. The molecule has 0 atom stereocenters. The van der Waals surface area contributed by atoms with E-state index >= 15 is 0 Å². The summed E-state index contributed by atoms with van der Waals surface area (Å²) in [4.78, 5) is 20.9. The third-order valence-electron chi connectivity index (χ3n) is 2.46. The molecule has 0 aliphatic heterocycles. The maximum absolute atomic E-state index is 12.4. The van der Waals surface area contributed by atoms with Crippen LogP contribution in [0.1, 0.15) is 32.1 Å². The van der Waals surface area contributed by atoms with Crippen LogP contribution < -0.4 is 0 Å². The fraction of sp³-hybridized carbons (Fsp3) is 0.750. The van der Waals surface area contributed by atoms with E-state index in [-0.39, 0.29) is 12.8 Å². The molecule has 0 N–H and O–H groups in total. The predicted octanol–water partition coefficient (Wildman–Crippen LogP) is 1.93. The predicted molar refractivity (Wildman–Crippen MR) is 37.7 cm³/mol. The van der Waals surface area contributed by atoms with Crippen LogP contribution in [0.25, 0.3) is 0 Å². The van der Waals surface area contributed by atoms with Crippen molar-refractivity contribution in [3.8, 4) is 0 Å². The van der Waals surface area contributed by atoms with Crippen molar-refractivity contribution in [2.45, 2.75) is 32.1 Å². The summed E-state index contributed by atoms with van der Waals surface area (Å²) in [5, 5.41) is 0. The molecule has 0 amide bonds. The Balaban J connectivity index is 2.84. The quantitative estimate of drug-likeness (QED) is 0.476. The van der Waals surface area contributed by atoms with Gasteiger partial charge in [-0.1, -0.05) is 19.3 Å². The number of hydrogen-bond donors (Lipinski definition) is 0. The second kappa shape index (κ2) is 3.29. The Morgan fingerprint density at radius 2 is 1.33 bits per heavy atom. The molecule has 68 valence electrons. The Labute approximate surface area is 68.9 Å². The largest absolute Gasteiger partial charge is 0.317 e. The van der Waals surface area contributed by atoms with Crippen LogP contribution in [0.15, 0.2) is 0 Å². The van der Waals surface area contributed by atoms with Gasteiger partial charge in [0, 0.05) is 0 Å². The molecule has 1 saturated carbocycles. The summed E-state index contributed by atoms with van der Waals surface area (Å²) in [5.41, 5.74) is -1.93. The van der Waals surface area contributed by atoms with Gasteiger partial charge in [0.2, 0.25) is 0 Å². The highest BCUT2D eigenvalue weighted by molar-refractivity contribution is 5.99. The number of rotatable bonds is 2. The maximum Gasteiger partial charge on any atom is 0.317 e. The van der Waals surface area contributed by atoms with Crippen LogP contribution in [-0.2, 0) is 9.59 Å². The van der Waals surface area contributed by atoms with Gasteiger partial charge in [-0.25, -0.2) is 0 Å². The first kappa shape index (κ1) is 9.29. The van der Waals surface area contributed by atoms with Gasteiger partial charge >= 0.3 is 12.1 Å². The summed E-state index contributed by atoms with van der Waals surface area (Å²) < 4.78 is 24.8. The van der Waals surface area contributed by atoms with E-state index in [1.807, 2.05) is 0 Å². The zero-order valence-electron chi connectivity index (χ0n) is 6.61. The molecule has 1 aliphatic rings. The van der Waals surface area contributed by atoms with Crippen LogP contribution in [0, 0.1) is 5.41 Å². The van der Waals surface area contributed by atoms with Gasteiger partial charge in [-0.05, 0) is 12.8 Å². The second-order valence-corrected chi connectivity index (χ2v) is 3.19. The van der Waals surface area contributed by atoms with Crippen molar-refractivity contribution in [2.75, 3.05) is 0 Å². The van der Waals surface area contributed by atoms with E-state index in [1.54, 1.807) is 0 Å². The lowest BCUT2D eigenvalue weighted by molar-refractivity contribution is -0.156. The molecule has 0 radical (unpaired) electrons. The maximum atomic E-state index is 12.4. The summed E-state index contributed by atoms with van der Waals surface area (Å²) in [5.74, 6) is 0. The number of carbonyl (C=O) groups is 2. The first-order valence-electron chi connectivity index (χ1n) is 3.99. The minimum Gasteiger partial charge on any atom is -0.260 e. The fourth-order valence-corrected chi connectivity index (χ4v) is 1.63. The number of hydrogen-bond acceptors (Lipinski definition) is 2. The van der Waals surface area contributed by atoms with Crippen molar-refractivity contribution in [1.29, 1.82) is 0 Å². The Morgan fingerprint density at radius 3 is 1.58 bits per heavy atom. The lowest BCUT2D eigenvalue weighted by Gasteiger charge is -2.27. The van der Waals surface area contributed by atoms with Gasteiger partial charge in [-0.2, -0.15) is 8.78 Å². The third kappa shape index (κ3) is 1.38. The molecule has 0 saturated heterocycles. The molecule has 2 nitrogen and oxygen atoms in total. The van der Waals surface area contributed by atoms with Crippen molar-refractivity contribution in [3.05, 3.63) is 0 Å². The van der Waals surface area contributed by atoms with Gasteiger partial charge in [0.15, 0.2) is 5.41 Å². The average molecular weight is 176 g/mol. The Bertz CT molecular complexity index is 191. The highest BCUT2D eigenvalue weighted by Gasteiger charge is 2.47. The molecule has 1 aliphatic carbocycles. The highest BCUT2D eigenvalue weighted by atomic mass is 19.1. The van der Waals surface area contributed by atoms with E-state index in [4.69, 9.17) is 0 Å². The van der Waals surface area contributed by atoms with Crippen molar-refractivity contribution in [1.82, 2.24) is 0 Å². The summed E-state index contributed by atoms with van der Waals surface area (Å²) >= 11 is 0. The Hall–Kier alpha value is -0.800. The molecule has 1 rings (SSSR count). The van der Waals surface area contributed by atoms with Gasteiger partial charge in [0.05, 0.1) is 0 Å². The first-order chi connectivity index (χ1) is 5.59. The SMILES string of the molecule is O=C(F)C1(C(=O)F)CCCCC1. The molecule has 0 bridgehead atoms. The van der Waals surface area contributed by atoms with Crippen molar-refractivity contribution >= 4 is 12.1 Å². The number of halogens is 2. The topological polar surface area (TPSA) is 34.1 Å². The molecule has 0 aromatic heterocycles. The normalized spacial score (nSPS) is 21.8. The van der Waals surface area contributed by atoms with Crippen molar-refractivity contribution in [3.63, 3.8) is 0 Å². The molecule has 4 heteroatoms. The number of carbonyl (C=O) groups excluding carboxylic acids is 2. The van der Waals surface area contributed by atoms with Gasteiger partial charge in [0.1, 0.15) is 0 Å². The molecule has 0 spiro atoms. The van der Waals surface area contributed by atoms with E-state index in [0.29, 0.717) is 12.8 Å². The molecule has 12 heavy (non-hydrogen) atoms. The van der Waals surface area contributed by atoms with Crippen LogP contribution in [0.4, 0.5) is 8.78 Å². The minimum atomic E-state index is -1.93. The third-order valence-corrected chi connectivity index (χ3v) is 2.46. The highest BCUT2D eigenvalue weighted by Crippen LogP contribution is 2.38. The average Bonchev–Trinajstić information content (AvgIpc) is 2.05. The molecular formula is C8H10F2O2. The standard InChI is InChI=1S/C8H10F2O2/c9-6(11)8(7(10)12)4-2-1-3-5-8/h1-5H2. The van der Waals surface area contributed by atoms with Crippen LogP contribution >= 0.6 is 0 Å². The van der Waals surface area contributed by atoms with E-state index in [0.717, 1.165) is 6.42 Å². The molecule has 0 unspecified atom stereocenters. The lowest BCUT2D eigenvalue weighted by Crippen LogP contribution is -2.37. The van der Waals surface area contributed by atoms with Gasteiger partial charge in [0.25, 0.3) is 0 Å². The van der Waals surface area contributed by atoms with Crippen LogP contribution in [0.2, 0.25) is 0 Å². The van der Waals surface area contributed by atoms with Gasteiger partial charge in [-0.15, -0.1) is 0 Å². The first-order valence-corrected chi connectivity index (χ1v) is 3.99. The van der Waals surface area contributed by atoms with Crippen LogP contribution in [0.5, 0.6) is 0 Å². The Kier molecular flexibility index (Phi) is 2.55. The van der Waals surface area contributed by atoms with Crippen LogP contribution in [0.3, 0.4) is 0 Å². The summed E-state index contributed by atoms with van der Waals surface area (Å²) in [7, 11) is 0. The lowest BCUT2D eigenvalue weighted by atomic mass is 9.75. The molecule has 0 heterocycles. The second-order valence-electron chi connectivity index (χ2n) is 3.19. The zero-order chi connectivity index (χ0) is 9.19. The van der Waals surface area contributed by atoms with Gasteiger partial charge < -0.3 is 0 Å².